The number of hydrogen-bond acceptors (Lipinski definition) is 2. The molecule has 0 aromatic heterocycles. The summed E-state index contributed by atoms with van der Waals surface area (Å²) in [6.07, 6.45) is 4.17. The smallest absolute Gasteiger partial charge is 0.0814 e. The third-order valence-electron chi connectivity index (χ3n) is 3.50. The van der Waals surface area contributed by atoms with Crippen molar-refractivity contribution < 1.29 is 9.84 Å². The molecule has 1 N–H and O–H groups in total. The maximum atomic E-state index is 10.1. The van der Waals surface area contributed by atoms with Crippen molar-refractivity contribution in [1.29, 1.82) is 0 Å². The summed E-state index contributed by atoms with van der Waals surface area (Å²) in [5.41, 5.74) is 2.45. The van der Waals surface area contributed by atoms with Gasteiger partial charge in [0.1, 0.15) is 0 Å². The molecule has 0 bridgehead atoms. The Bertz CT molecular complexity index is 331. The lowest BCUT2D eigenvalue weighted by atomic mass is 9.77. The first kappa shape index (κ1) is 11.6. The van der Waals surface area contributed by atoms with Crippen LogP contribution in [0.15, 0.2) is 24.3 Å². The van der Waals surface area contributed by atoms with Crippen molar-refractivity contribution in [3.8, 4) is 0 Å². The zero-order valence-corrected chi connectivity index (χ0v) is 9.86. The van der Waals surface area contributed by atoms with E-state index in [4.69, 9.17) is 4.74 Å². The molecular formula is C14H20O2. The summed E-state index contributed by atoms with van der Waals surface area (Å²) in [5, 5.41) is 10.1. The fourth-order valence-electron chi connectivity index (χ4n) is 2.29. The molecule has 1 aromatic rings. The molecule has 88 valence electrons. The first-order valence-corrected chi connectivity index (χ1v) is 6.08. The molecule has 0 radical (unpaired) electrons. The predicted molar refractivity (Wildman–Crippen MR) is 64.5 cm³/mol. The Balaban J connectivity index is 2.11. The Morgan fingerprint density at radius 3 is 2.75 bits per heavy atom. The molecule has 1 atom stereocenters. The molecule has 0 heterocycles. The minimum absolute atomic E-state index is 0.378. The molecule has 1 unspecified atom stereocenters. The van der Waals surface area contributed by atoms with Gasteiger partial charge in [-0.25, -0.2) is 0 Å². The maximum Gasteiger partial charge on any atom is 0.0814 e. The van der Waals surface area contributed by atoms with Gasteiger partial charge >= 0.3 is 0 Å². The highest BCUT2D eigenvalue weighted by molar-refractivity contribution is 5.33. The molecule has 0 spiro atoms. The van der Waals surface area contributed by atoms with Crippen molar-refractivity contribution in [2.75, 3.05) is 13.7 Å². The van der Waals surface area contributed by atoms with E-state index in [9.17, 15) is 5.11 Å². The topological polar surface area (TPSA) is 29.5 Å². The normalized spacial score (nSPS) is 18.1. The standard InChI is InChI=1S/C14H20O2/c1-16-10-9-14(15)13-8-3-2-7-12(13)11-5-4-6-11/h2-3,7-8,11,14-15H,4-6,9-10H2,1H3. The lowest BCUT2D eigenvalue weighted by Gasteiger charge is -2.29. The summed E-state index contributed by atoms with van der Waals surface area (Å²) in [5.74, 6) is 0.674. The van der Waals surface area contributed by atoms with E-state index < -0.39 is 0 Å². The summed E-state index contributed by atoms with van der Waals surface area (Å²) in [6.45, 7) is 0.611. The Morgan fingerprint density at radius 2 is 2.12 bits per heavy atom. The Morgan fingerprint density at radius 1 is 1.38 bits per heavy atom. The van der Waals surface area contributed by atoms with Crippen LogP contribution >= 0.6 is 0 Å². The number of rotatable bonds is 5. The molecule has 16 heavy (non-hydrogen) atoms. The van der Waals surface area contributed by atoms with Crippen LogP contribution in [0.25, 0.3) is 0 Å². The van der Waals surface area contributed by atoms with Crippen molar-refractivity contribution >= 4 is 0 Å². The van der Waals surface area contributed by atoms with Gasteiger partial charge in [0.05, 0.1) is 6.10 Å². The first-order chi connectivity index (χ1) is 7.83. The summed E-state index contributed by atoms with van der Waals surface area (Å²) in [7, 11) is 1.67. The zero-order chi connectivity index (χ0) is 11.4. The van der Waals surface area contributed by atoms with Gasteiger partial charge in [0.15, 0.2) is 0 Å². The van der Waals surface area contributed by atoms with E-state index in [0.29, 0.717) is 18.9 Å². The number of aliphatic hydroxyl groups is 1. The monoisotopic (exact) mass is 220 g/mol. The lowest BCUT2D eigenvalue weighted by Crippen LogP contribution is -2.13. The van der Waals surface area contributed by atoms with Gasteiger partial charge in [-0.05, 0) is 29.9 Å². The minimum atomic E-state index is -0.378. The summed E-state index contributed by atoms with van der Waals surface area (Å²) in [4.78, 5) is 0. The van der Waals surface area contributed by atoms with E-state index in [1.807, 2.05) is 12.1 Å². The zero-order valence-electron chi connectivity index (χ0n) is 9.86. The van der Waals surface area contributed by atoms with Gasteiger partial charge in [-0.15, -0.1) is 0 Å². The van der Waals surface area contributed by atoms with Gasteiger partial charge in [-0.3, -0.25) is 0 Å². The molecule has 2 heteroatoms. The van der Waals surface area contributed by atoms with Crippen LogP contribution in [0.3, 0.4) is 0 Å². The van der Waals surface area contributed by atoms with Crippen molar-refractivity contribution in [2.24, 2.45) is 0 Å². The molecule has 1 aliphatic carbocycles. The molecule has 0 saturated heterocycles. The first-order valence-electron chi connectivity index (χ1n) is 6.08. The average molecular weight is 220 g/mol. The third-order valence-corrected chi connectivity index (χ3v) is 3.50. The molecule has 1 aromatic carbocycles. The predicted octanol–water partition coefficient (Wildman–Crippen LogP) is 3.02. The van der Waals surface area contributed by atoms with Gasteiger partial charge in [0, 0.05) is 20.1 Å². The molecule has 2 rings (SSSR count). The van der Waals surface area contributed by atoms with Crippen LogP contribution in [0.5, 0.6) is 0 Å². The highest BCUT2D eigenvalue weighted by atomic mass is 16.5. The fourth-order valence-corrected chi connectivity index (χ4v) is 2.29. The van der Waals surface area contributed by atoms with E-state index in [-0.39, 0.29) is 6.10 Å². The Hall–Kier alpha value is -0.860. The molecule has 0 amide bonds. The highest BCUT2D eigenvalue weighted by Gasteiger charge is 2.23. The van der Waals surface area contributed by atoms with Gasteiger partial charge in [0.2, 0.25) is 0 Å². The van der Waals surface area contributed by atoms with Crippen molar-refractivity contribution in [3.63, 3.8) is 0 Å². The van der Waals surface area contributed by atoms with E-state index in [1.165, 1.54) is 24.8 Å². The van der Waals surface area contributed by atoms with Crippen molar-refractivity contribution in [1.82, 2.24) is 0 Å². The van der Waals surface area contributed by atoms with E-state index >= 15 is 0 Å². The largest absolute Gasteiger partial charge is 0.388 e. The van der Waals surface area contributed by atoms with Crippen LogP contribution < -0.4 is 0 Å². The Labute approximate surface area is 97.3 Å². The van der Waals surface area contributed by atoms with Crippen LogP contribution in [0.2, 0.25) is 0 Å². The summed E-state index contributed by atoms with van der Waals surface area (Å²) < 4.78 is 5.01. The summed E-state index contributed by atoms with van der Waals surface area (Å²) >= 11 is 0. The molecule has 2 nitrogen and oxygen atoms in total. The molecule has 1 saturated carbocycles. The lowest BCUT2D eigenvalue weighted by molar-refractivity contribution is 0.109. The second kappa shape index (κ2) is 5.46. The number of hydrogen-bond donors (Lipinski definition) is 1. The molecule has 1 aliphatic rings. The number of benzene rings is 1. The number of aliphatic hydroxyl groups excluding tert-OH is 1. The SMILES string of the molecule is COCCC(O)c1ccccc1C1CCC1. The van der Waals surface area contributed by atoms with Crippen LogP contribution in [0, 0.1) is 0 Å². The van der Waals surface area contributed by atoms with Crippen molar-refractivity contribution in [3.05, 3.63) is 35.4 Å². The van der Waals surface area contributed by atoms with E-state index in [0.717, 1.165) is 5.56 Å². The van der Waals surface area contributed by atoms with Crippen LogP contribution in [-0.4, -0.2) is 18.8 Å². The second-order valence-electron chi connectivity index (χ2n) is 4.55. The van der Waals surface area contributed by atoms with Gasteiger partial charge in [-0.2, -0.15) is 0 Å². The quantitative estimate of drug-likeness (QED) is 0.826. The molecular weight excluding hydrogens is 200 g/mol. The van der Waals surface area contributed by atoms with Gasteiger partial charge in [0.25, 0.3) is 0 Å². The van der Waals surface area contributed by atoms with Crippen LogP contribution in [-0.2, 0) is 4.74 Å². The maximum absolute atomic E-state index is 10.1. The Kier molecular flexibility index (Phi) is 3.97. The second-order valence-corrected chi connectivity index (χ2v) is 4.55. The highest BCUT2D eigenvalue weighted by Crippen LogP contribution is 2.39. The minimum Gasteiger partial charge on any atom is -0.388 e. The van der Waals surface area contributed by atoms with Crippen molar-refractivity contribution in [2.45, 2.75) is 37.7 Å². The van der Waals surface area contributed by atoms with E-state index in [1.54, 1.807) is 7.11 Å². The van der Waals surface area contributed by atoms with Crippen LogP contribution in [0.4, 0.5) is 0 Å². The van der Waals surface area contributed by atoms with E-state index in [2.05, 4.69) is 12.1 Å². The number of methoxy groups -OCH3 is 1. The number of ether oxygens (including phenoxy) is 1. The molecule has 0 aliphatic heterocycles. The molecule has 1 fully saturated rings. The van der Waals surface area contributed by atoms with Gasteiger partial charge in [-0.1, -0.05) is 30.7 Å². The average Bonchev–Trinajstić information content (AvgIpc) is 2.24. The third kappa shape index (κ3) is 2.45. The van der Waals surface area contributed by atoms with Gasteiger partial charge < -0.3 is 9.84 Å². The summed E-state index contributed by atoms with van der Waals surface area (Å²) in [6, 6.07) is 8.29. The fraction of sp³-hybridized carbons (Fsp3) is 0.571. The van der Waals surface area contributed by atoms with Crippen LogP contribution in [0.1, 0.15) is 48.8 Å².